The molecule has 182 valence electrons. The molecule has 2 aromatic rings. The molecule has 2 aliphatic rings. The number of para-hydroxylation sites is 1. The summed E-state index contributed by atoms with van der Waals surface area (Å²) in [7, 11) is 0. The van der Waals surface area contributed by atoms with Crippen LogP contribution in [-0.2, 0) is 9.59 Å². The number of benzene rings is 2. The number of hydrogen-bond acceptors (Lipinski definition) is 4. The van der Waals surface area contributed by atoms with E-state index in [4.69, 9.17) is 21.1 Å². The minimum atomic E-state index is -0.418. The maximum atomic E-state index is 13.2. The average molecular weight is 485 g/mol. The van der Waals surface area contributed by atoms with Crippen molar-refractivity contribution in [2.24, 2.45) is 5.41 Å². The van der Waals surface area contributed by atoms with Crippen LogP contribution in [0.4, 0.5) is 0 Å². The van der Waals surface area contributed by atoms with Crippen LogP contribution in [-0.4, -0.2) is 61.0 Å². The Bertz CT molecular complexity index is 947. The molecule has 0 aromatic heterocycles. The number of hydrogen-bond donors (Lipinski definition) is 0. The molecule has 2 saturated heterocycles. The van der Waals surface area contributed by atoms with Crippen molar-refractivity contribution < 1.29 is 19.1 Å². The van der Waals surface area contributed by atoms with Gasteiger partial charge in [0.15, 0.2) is 6.61 Å². The van der Waals surface area contributed by atoms with E-state index >= 15 is 0 Å². The molecule has 2 heterocycles. The van der Waals surface area contributed by atoms with Crippen LogP contribution >= 0.6 is 11.6 Å². The number of rotatable bonds is 8. The highest BCUT2D eigenvalue weighted by Gasteiger charge is 2.41. The normalized spacial score (nSPS) is 20.6. The first kappa shape index (κ1) is 24.4. The third kappa shape index (κ3) is 6.66. The predicted molar refractivity (Wildman–Crippen MR) is 132 cm³/mol. The van der Waals surface area contributed by atoms with Gasteiger partial charge in [0, 0.05) is 43.0 Å². The first-order chi connectivity index (χ1) is 16.5. The minimum absolute atomic E-state index is 0.0443. The Morgan fingerprint density at radius 3 is 2.21 bits per heavy atom. The second kappa shape index (κ2) is 11.6. The number of piperidine rings is 2. The predicted octanol–water partition coefficient (Wildman–Crippen LogP) is 4.81. The summed E-state index contributed by atoms with van der Waals surface area (Å²) in [6.07, 6.45) is 5.38. The fraction of sp³-hybridized carbons (Fsp3) is 0.481. The van der Waals surface area contributed by atoms with E-state index in [0.29, 0.717) is 36.9 Å². The Morgan fingerprint density at radius 1 is 0.794 bits per heavy atom. The van der Waals surface area contributed by atoms with Gasteiger partial charge in [-0.3, -0.25) is 9.59 Å². The highest BCUT2D eigenvalue weighted by molar-refractivity contribution is 6.30. The molecule has 0 spiro atoms. The van der Waals surface area contributed by atoms with Crippen molar-refractivity contribution >= 4 is 23.4 Å². The molecule has 34 heavy (non-hydrogen) atoms. The van der Waals surface area contributed by atoms with Gasteiger partial charge in [0.1, 0.15) is 11.5 Å². The lowest BCUT2D eigenvalue weighted by molar-refractivity contribution is -0.143. The molecular weight excluding hydrogens is 452 g/mol. The molecule has 0 bridgehead atoms. The van der Waals surface area contributed by atoms with E-state index in [1.807, 2.05) is 40.1 Å². The smallest absolute Gasteiger partial charge is 0.260 e. The average Bonchev–Trinajstić information content (AvgIpc) is 2.88. The number of likely N-dealkylation sites (tertiary alicyclic amines) is 2. The molecule has 2 aromatic carbocycles. The van der Waals surface area contributed by atoms with Gasteiger partial charge in [-0.25, -0.2) is 0 Å². The molecule has 1 atom stereocenters. The summed E-state index contributed by atoms with van der Waals surface area (Å²) >= 11 is 5.93. The molecule has 2 amide bonds. The van der Waals surface area contributed by atoms with Crippen molar-refractivity contribution in [3.05, 3.63) is 59.6 Å². The van der Waals surface area contributed by atoms with E-state index < -0.39 is 5.41 Å². The lowest BCUT2D eigenvalue weighted by Gasteiger charge is -2.43. The first-order valence-corrected chi connectivity index (χ1v) is 12.5. The number of halogens is 1. The van der Waals surface area contributed by atoms with Crippen LogP contribution in [0.5, 0.6) is 11.5 Å². The van der Waals surface area contributed by atoms with Gasteiger partial charge in [0.05, 0.1) is 6.61 Å². The summed E-state index contributed by atoms with van der Waals surface area (Å²) in [4.78, 5) is 30.1. The molecule has 0 radical (unpaired) electrons. The van der Waals surface area contributed by atoms with Crippen molar-refractivity contribution in [3.8, 4) is 11.5 Å². The summed E-state index contributed by atoms with van der Waals surface area (Å²) in [5.74, 6) is 1.47. The van der Waals surface area contributed by atoms with Gasteiger partial charge in [0.2, 0.25) is 5.91 Å². The molecule has 0 aliphatic carbocycles. The number of amides is 2. The highest BCUT2D eigenvalue weighted by atomic mass is 35.5. The Morgan fingerprint density at radius 2 is 1.47 bits per heavy atom. The van der Waals surface area contributed by atoms with Crippen LogP contribution in [0.15, 0.2) is 54.6 Å². The number of nitrogens with zero attached hydrogens (tertiary/aromatic N) is 2. The van der Waals surface area contributed by atoms with E-state index in [1.165, 1.54) is 6.42 Å². The monoisotopic (exact) mass is 484 g/mol. The number of carbonyl (C=O) groups is 2. The molecule has 0 N–H and O–H groups in total. The van der Waals surface area contributed by atoms with E-state index in [9.17, 15) is 9.59 Å². The summed E-state index contributed by atoms with van der Waals surface area (Å²) < 4.78 is 11.8. The van der Waals surface area contributed by atoms with Crippen LogP contribution in [0.25, 0.3) is 0 Å². The second-order valence-corrected chi connectivity index (χ2v) is 9.82. The van der Waals surface area contributed by atoms with Gasteiger partial charge in [-0.05, 0) is 68.5 Å². The van der Waals surface area contributed by atoms with Crippen molar-refractivity contribution in [1.82, 2.24) is 9.80 Å². The summed E-state index contributed by atoms with van der Waals surface area (Å²) in [6.45, 7) is 3.16. The van der Waals surface area contributed by atoms with Gasteiger partial charge in [-0.1, -0.05) is 29.8 Å². The van der Waals surface area contributed by atoms with Crippen LogP contribution in [0.2, 0.25) is 5.02 Å². The van der Waals surface area contributed by atoms with E-state index in [1.54, 1.807) is 24.3 Å². The van der Waals surface area contributed by atoms with Crippen LogP contribution in [0.1, 0.15) is 38.5 Å². The molecule has 0 saturated carbocycles. The Hall–Kier alpha value is -2.73. The van der Waals surface area contributed by atoms with Crippen LogP contribution < -0.4 is 9.47 Å². The Kier molecular flexibility index (Phi) is 8.33. The quantitative estimate of drug-likeness (QED) is 0.539. The molecule has 0 unspecified atom stereocenters. The SMILES string of the molecule is O=C(C[C@]1(COc2ccccc2)CCCN(C(=O)COc2ccc(Cl)cc2)C1)N1CCCCC1. The summed E-state index contributed by atoms with van der Waals surface area (Å²) in [5.41, 5.74) is -0.418. The zero-order valence-corrected chi connectivity index (χ0v) is 20.3. The lowest BCUT2D eigenvalue weighted by atomic mass is 9.77. The molecule has 2 fully saturated rings. The van der Waals surface area contributed by atoms with Gasteiger partial charge in [0.25, 0.3) is 5.91 Å². The van der Waals surface area contributed by atoms with Gasteiger partial charge in [-0.15, -0.1) is 0 Å². The largest absolute Gasteiger partial charge is 0.493 e. The third-order valence-electron chi connectivity index (χ3n) is 6.71. The summed E-state index contributed by atoms with van der Waals surface area (Å²) in [5, 5.41) is 0.622. The van der Waals surface area contributed by atoms with Gasteiger partial charge in [-0.2, -0.15) is 0 Å². The van der Waals surface area contributed by atoms with E-state index in [0.717, 1.165) is 44.5 Å². The van der Waals surface area contributed by atoms with Crippen LogP contribution in [0.3, 0.4) is 0 Å². The van der Waals surface area contributed by atoms with Crippen molar-refractivity contribution in [3.63, 3.8) is 0 Å². The van der Waals surface area contributed by atoms with Crippen molar-refractivity contribution in [2.75, 3.05) is 39.4 Å². The topological polar surface area (TPSA) is 59.1 Å². The van der Waals surface area contributed by atoms with Crippen molar-refractivity contribution in [1.29, 1.82) is 0 Å². The lowest BCUT2D eigenvalue weighted by Crippen LogP contribution is -2.52. The third-order valence-corrected chi connectivity index (χ3v) is 6.97. The fourth-order valence-electron chi connectivity index (χ4n) is 4.83. The minimum Gasteiger partial charge on any atom is -0.493 e. The standard InChI is InChI=1S/C27H33ClN2O4/c28-22-10-12-24(13-11-22)33-19-26(32)30-17-7-14-27(20-30,21-34-23-8-3-1-4-9-23)18-25(31)29-15-5-2-6-16-29/h1,3-4,8-13H,2,5-7,14-21H2/t27-/m1/s1. The Labute approximate surface area is 206 Å². The number of ether oxygens (including phenoxy) is 2. The van der Waals surface area contributed by atoms with Gasteiger partial charge < -0.3 is 19.3 Å². The maximum absolute atomic E-state index is 13.2. The molecule has 6 nitrogen and oxygen atoms in total. The molecule has 2 aliphatic heterocycles. The van der Waals surface area contributed by atoms with Crippen LogP contribution in [0, 0.1) is 5.41 Å². The maximum Gasteiger partial charge on any atom is 0.260 e. The summed E-state index contributed by atoms with van der Waals surface area (Å²) in [6, 6.07) is 16.6. The number of carbonyl (C=O) groups excluding carboxylic acids is 2. The molecular formula is C27H33ClN2O4. The first-order valence-electron chi connectivity index (χ1n) is 12.1. The molecule has 7 heteroatoms. The zero-order valence-electron chi connectivity index (χ0n) is 19.6. The Balaban J connectivity index is 1.43. The van der Waals surface area contributed by atoms with E-state index in [-0.39, 0.29) is 18.4 Å². The molecule has 4 rings (SSSR count). The van der Waals surface area contributed by atoms with Gasteiger partial charge >= 0.3 is 0 Å². The fourth-order valence-corrected chi connectivity index (χ4v) is 4.96. The van der Waals surface area contributed by atoms with Crippen molar-refractivity contribution in [2.45, 2.75) is 38.5 Å². The highest BCUT2D eigenvalue weighted by Crippen LogP contribution is 2.35. The zero-order chi connectivity index (χ0) is 23.8. The second-order valence-electron chi connectivity index (χ2n) is 9.38. The van der Waals surface area contributed by atoms with E-state index in [2.05, 4.69) is 0 Å².